The van der Waals surface area contributed by atoms with Crippen molar-refractivity contribution < 1.29 is 18.7 Å². The lowest BCUT2D eigenvalue weighted by molar-refractivity contribution is -0.140. The van der Waals surface area contributed by atoms with Gasteiger partial charge in [-0.25, -0.2) is 4.39 Å². The lowest BCUT2D eigenvalue weighted by atomic mass is 10.2. The highest BCUT2D eigenvalue weighted by molar-refractivity contribution is 7.20. The number of ether oxygens (including phenoxy) is 1. The predicted octanol–water partition coefficient (Wildman–Crippen LogP) is 2.68. The number of halogens is 1. The van der Waals surface area contributed by atoms with Crippen molar-refractivity contribution >= 4 is 33.3 Å². The van der Waals surface area contributed by atoms with Gasteiger partial charge in [-0.2, -0.15) is 0 Å². The molecule has 0 atom stereocenters. The van der Waals surface area contributed by atoms with Crippen LogP contribution in [0.25, 0.3) is 10.1 Å². The molecule has 0 N–H and O–H groups in total. The molecule has 1 aromatic heterocycles. The van der Waals surface area contributed by atoms with Gasteiger partial charge >= 0.3 is 5.97 Å². The Labute approximate surface area is 119 Å². The fourth-order valence-electron chi connectivity index (χ4n) is 1.78. The van der Waals surface area contributed by atoms with Crippen molar-refractivity contribution in [1.82, 2.24) is 4.90 Å². The normalized spacial score (nSPS) is 10.6. The number of carbonyl (C=O) groups excluding carboxylic acids is 2. The number of hydrogen-bond donors (Lipinski definition) is 0. The van der Waals surface area contributed by atoms with Gasteiger partial charge in [0.15, 0.2) is 0 Å². The van der Waals surface area contributed by atoms with E-state index in [1.807, 2.05) is 0 Å². The van der Waals surface area contributed by atoms with Gasteiger partial charge in [0.2, 0.25) is 0 Å². The lowest BCUT2D eigenvalue weighted by Gasteiger charge is -2.15. The van der Waals surface area contributed by atoms with Crippen LogP contribution in [-0.4, -0.2) is 37.5 Å². The number of methoxy groups -OCH3 is 1. The van der Waals surface area contributed by atoms with E-state index in [2.05, 4.69) is 4.74 Å². The molecule has 1 aromatic carbocycles. The average molecular weight is 295 g/mol. The van der Waals surface area contributed by atoms with Crippen molar-refractivity contribution in [3.05, 3.63) is 35.0 Å². The summed E-state index contributed by atoms with van der Waals surface area (Å²) in [4.78, 5) is 25.1. The first-order chi connectivity index (χ1) is 9.52. The number of nitrogens with zero attached hydrogens (tertiary/aromatic N) is 1. The first kappa shape index (κ1) is 14.5. The van der Waals surface area contributed by atoms with Gasteiger partial charge in [0.05, 0.1) is 18.4 Å². The van der Waals surface area contributed by atoms with E-state index in [9.17, 15) is 14.0 Å². The van der Waals surface area contributed by atoms with Crippen LogP contribution in [0.1, 0.15) is 16.1 Å². The van der Waals surface area contributed by atoms with Gasteiger partial charge in [-0.15, -0.1) is 11.3 Å². The number of amides is 1. The van der Waals surface area contributed by atoms with Gasteiger partial charge < -0.3 is 9.64 Å². The Bertz CT molecular complexity index is 653. The number of thiophene rings is 1. The van der Waals surface area contributed by atoms with Gasteiger partial charge in [0, 0.05) is 23.7 Å². The second-order valence-corrected chi connectivity index (χ2v) is 5.40. The van der Waals surface area contributed by atoms with Crippen molar-refractivity contribution in [3.8, 4) is 0 Å². The van der Waals surface area contributed by atoms with Gasteiger partial charge in [-0.3, -0.25) is 9.59 Å². The Balaban J connectivity index is 2.14. The third-order valence-electron chi connectivity index (χ3n) is 2.94. The van der Waals surface area contributed by atoms with Gasteiger partial charge in [0.1, 0.15) is 5.82 Å². The number of carbonyl (C=O) groups is 2. The van der Waals surface area contributed by atoms with Crippen LogP contribution < -0.4 is 0 Å². The zero-order chi connectivity index (χ0) is 14.7. The molecule has 0 unspecified atom stereocenters. The van der Waals surface area contributed by atoms with Crippen LogP contribution >= 0.6 is 11.3 Å². The minimum atomic E-state index is -0.368. The molecule has 4 nitrogen and oxygen atoms in total. The molecule has 0 aliphatic heterocycles. The quantitative estimate of drug-likeness (QED) is 0.815. The smallest absolute Gasteiger partial charge is 0.307 e. The number of esters is 1. The molecule has 20 heavy (non-hydrogen) atoms. The molecule has 106 valence electrons. The summed E-state index contributed by atoms with van der Waals surface area (Å²) in [6, 6.07) is 6.30. The van der Waals surface area contributed by atoms with Gasteiger partial charge in [0.25, 0.3) is 5.91 Å². The molecule has 0 aliphatic carbocycles. The van der Waals surface area contributed by atoms with E-state index in [0.717, 1.165) is 4.70 Å². The summed E-state index contributed by atoms with van der Waals surface area (Å²) in [5.74, 6) is -0.934. The highest BCUT2D eigenvalue weighted by atomic mass is 32.1. The number of benzene rings is 1. The molecule has 0 radical (unpaired) electrons. The number of fused-ring (bicyclic) bond motifs is 1. The summed E-state index contributed by atoms with van der Waals surface area (Å²) in [7, 11) is 2.91. The average Bonchev–Trinajstić information content (AvgIpc) is 2.89. The Morgan fingerprint density at radius 1 is 1.40 bits per heavy atom. The van der Waals surface area contributed by atoms with E-state index >= 15 is 0 Å². The van der Waals surface area contributed by atoms with Gasteiger partial charge in [-0.05, 0) is 18.2 Å². The molecule has 0 saturated heterocycles. The first-order valence-electron chi connectivity index (χ1n) is 6.03. The number of hydrogen-bond acceptors (Lipinski definition) is 4. The molecule has 0 saturated carbocycles. The van der Waals surface area contributed by atoms with Crippen LogP contribution in [-0.2, 0) is 9.53 Å². The first-order valence-corrected chi connectivity index (χ1v) is 6.85. The van der Waals surface area contributed by atoms with E-state index in [-0.39, 0.29) is 30.7 Å². The van der Waals surface area contributed by atoms with Crippen molar-refractivity contribution in [3.63, 3.8) is 0 Å². The summed E-state index contributed by atoms with van der Waals surface area (Å²) in [6.07, 6.45) is 0.137. The summed E-state index contributed by atoms with van der Waals surface area (Å²) >= 11 is 1.24. The second-order valence-electron chi connectivity index (χ2n) is 4.32. The number of rotatable bonds is 4. The van der Waals surface area contributed by atoms with E-state index in [0.29, 0.717) is 10.3 Å². The van der Waals surface area contributed by atoms with Crippen LogP contribution in [0.5, 0.6) is 0 Å². The maximum Gasteiger partial charge on any atom is 0.307 e. The summed E-state index contributed by atoms with van der Waals surface area (Å²) in [6.45, 7) is 0.266. The molecular formula is C14H14FNO3S. The largest absolute Gasteiger partial charge is 0.469 e. The van der Waals surface area contributed by atoms with E-state index in [1.54, 1.807) is 25.2 Å². The van der Waals surface area contributed by atoms with Crippen molar-refractivity contribution in [2.24, 2.45) is 0 Å². The highest BCUT2D eigenvalue weighted by Gasteiger charge is 2.17. The van der Waals surface area contributed by atoms with Crippen LogP contribution in [0.15, 0.2) is 24.3 Å². The third-order valence-corrected chi connectivity index (χ3v) is 4.03. The second kappa shape index (κ2) is 6.00. The molecule has 0 spiro atoms. The van der Waals surface area contributed by atoms with Crippen LogP contribution in [0.4, 0.5) is 4.39 Å². The van der Waals surface area contributed by atoms with Crippen molar-refractivity contribution in [2.75, 3.05) is 20.7 Å². The Kier molecular flexibility index (Phi) is 4.34. The molecule has 2 rings (SSSR count). The maximum atomic E-state index is 13.6. The summed E-state index contributed by atoms with van der Waals surface area (Å²) < 4.78 is 18.8. The molecule has 0 bridgehead atoms. The zero-order valence-electron chi connectivity index (χ0n) is 11.2. The zero-order valence-corrected chi connectivity index (χ0v) is 12.0. The molecule has 0 aliphatic rings. The standard InChI is InChI=1S/C14H14FNO3S/c1-16(7-6-13(17)19-2)14(18)12-8-9-10(15)4-3-5-11(9)20-12/h3-5,8H,6-7H2,1-2H3. The lowest BCUT2D eigenvalue weighted by Crippen LogP contribution is -2.28. The molecule has 0 fully saturated rings. The Morgan fingerprint density at radius 3 is 2.80 bits per heavy atom. The minimum Gasteiger partial charge on any atom is -0.469 e. The van der Waals surface area contributed by atoms with Gasteiger partial charge in [-0.1, -0.05) is 6.07 Å². The van der Waals surface area contributed by atoms with E-state index in [1.165, 1.54) is 29.4 Å². The van der Waals surface area contributed by atoms with Crippen molar-refractivity contribution in [1.29, 1.82) is 0 Å². The topological polar surface area (TPSA) is 46.6 Å². The Hall–Kier alpha value is -1.95. The summed E-state index contributed by atoms with van der Waals surface area (Å²) in [5.41, 5.74) is 0. The third kappa shape index (κ3) is 2.96. The fourth-order valence-corrected chi connectivity index (χ4v) is 2.85. The Morgan fingerprint density at radius 2 is 2.15 bits per heavy atom. The van der Waals surface area contributed by atoms with Crippen LogP contribution in [0, 0.1) is 5.82 Å². The van der Waals surface area contributed by atoms with Crippen molar-refractivity contribution in [2.45, 2.75) is 6.42 Å². The maximum absolute atomic E-state index is 13.6. The van der Waals surface area contributed by atoms with E-state index in [4.69, 9.17) is 0 Å². The van der Waals surface area contributed by atoms with Crippen LogP contribution in [0.2, 0.25) is 0 Å². The van der Waals surface area contributed by atoms with Crippen LogP contribution in [0.3, 0.4) is 0 Å². The molecule has 1 heterocycles. The summed E-state index contributed by atoms with van der Waals surface area (Å²) in [5, 5.41) is 0.446. The molecular weight excluding hydrogens is 281 g/mol. The SMILES string of the molecule is COC(=O)CCN(C)C(=O)c1cc2c(F)cccc2s1. The molecule has 6 heteroatoms. The molecule has 2 aromatic rings. The van der Waals surface area contributed by atoms with E-state index < -0.39 is 0 Å². The molecule has 1 amide bonds. The fraction of sp³-hybridized carbons (Fsp3) is 0.286. The highest BCUT2D eigenvalue weighted by Crippen LogP contribution is 2.28. The monoisotopic (exact) mass is 295 g/mol. The minimum absolute atomic E-state index is 0.137. The predicted molar refractivity (Wildman–Crippen MR) is 75.4 cm³/mol.